The first-order valence-corrected chi connectivity index (χ1v) is 14.7. The molecule has 1 fully saturated rings. The molecule has 3 heterocycles. The molecule has 232 valence electrons. The number of carbonyl (C=O) groups excluding carboxylic acids is 2. The van der Waals surface area contributed by atoms with E-state index in [0.717, 1.165) is 17.3 Å². The molecule has 3 aliphatic rings. The van der Waals surface area contributed by atoms with Crippen molar-refractivity contribution in [2.24, 2.45) is 0 Å². The minimum absolute atomic E-state index is 0.0780. The Morgan fingerprint density at radius 1 is 1.13 bits per heavy atom. The van der Waals surface area contributed by atoms with Gasteiger partial charge in [0.1, 0.15) is 17.7 Å². The van der Waals surface area contributed by atoms with Gasteiger partial charge in [-0.05, 0) is 77.9 Å². The minimum Gasteiger partial charge on any atom is -0.481 e. The molecule has 45 heavy (non-hydrogen) atoms. The summed E-state index contributed by atoms with van der Waals surface area (Å²) in [7, 11) is 1.65. The molecule has 10 nitrogen and oxygen atoms in total. The summed E-state index contributed by atoms with van der Waals surface area (Å²) in [5.41, 5.74) is 9.62. The lowest BCUT2D eigenvalue weighted by Crippen LogP contribution is -2.36. The topological polar surface area (TPSA) is 147 Å². The molecule has 11 heteroatoms. The van der Waals surface area contributed by atoms with Gasteiger partial charge in [0.15, 0.2) is 0 Å². The summed E-state index contributed by atoms with van der Waals surface area (Å²) in [5.74, 6) is -1.68. The summed E-state index contributed by atoms with van der Waals surface area (Å²) < 4.78 is 20.3. The number of nitrogens with zero attached hydrogens (tertiary/aromatic N) is 2. The number of nitrogen functional groups attached to an aromatic ring is 1. The molecule has 2 unspecified atom stereocenters. The third-order valence-corrected chi connectivity index (χ3v) is 8.86. The van der Waals surface area contributed by atoms with Crippen LogP contribution in [0.1, 0.15) is 59.5 Å². The maximum absolute atomic E-state index is 14.7. The average molecular weight is 612 g/mol. The first-order chi connectivity index (χ1) is 21.5. The van der Waals surface area contributed by atoms with E-state index in [1.165, 1.54) is 4.90 Å². The molecule has 3 aromatic carbocycles. The Labute approximate surface area is 259 Å². The number of halogens is 1. The molecule has 1 aromatic heterocycles. The number of aromatic nitrogens is 1. The Bertz CT molecular complexity index is 1860. The molecular formula is C34H34FN5O5. The molecule has 4 aromatic rings. The molecule has 1 saturated carbocycles. The summed E-state index contributed by atoms with van der Waals surface area (Å²) in [6.07, 6.45) is 1.40. The van der Waals surface area contributed by atoms with Crippen molar-refractivity contribution in [2.75, 3.05) is 30.0 Å². The van der Waals surface area contributed by atoms with Crippen molar-refractivity contribution < 1.29 is 28.6 Å². The first kappa shape index (κ1) is 29.9. The van der Waals surface area contributed by atoms with E-state index in [1.54, 1.807) is 43.4 Å². The number of ether oxygens (including phenoxy) is 1. The van der Waals surface area contributed by atoms with Crippen LogP contribution in [0.3, 0.4) is 0 Å². The first-order valence-electron chi connectivity index (χ1n) is 14.7. The van der Waals surface area contributed by atoms with Crippen molar-refractivity contribution in [3.63, 3.8) is 0 Å². The van der Waals surface area contributed by atoms with E-state index >= 15 is 0 Å². The summed E-state index contributed by atoms with van der Waals surface area (Å²) >= 11 is 0. The molecule has 2 amide bonds. The number of nitrogens with one attached hydrogen (secondary N) is 2. The quantitative estimate of drug-likeness (QED) is 0.225. The second kappa shape index (κ2) is 11.4. The minimum atomic E-state index is -1.04. The number of nitrogens with two attached hydrogens (primary N) is 1. The zero-order valence-electron chi connectivity index (χ0n) is 25.2. The molecule has 2 aliphatic heterocycles. The van der Waals surface area contributed by atoms with Crippen molar-refractivity contribution >= 4 is 45.9 Å². The second-order valence-corrected chi connectivity index (χ2v) is 12.0. The third kappa shape index (κ3) is 5.61. The van der Waals surface area contributed by atoms with E-state index < -0.39 is 29.3 Å². The lowest BCUT2D eigenvalue weighted by atomic mass is 9.90. The van der Waals surface area contributed by atoms with Crippen LogP contribution in [0.2, 0.25) is 0 Å². The number of likely N-dealkylation sites (N-methyl/N-ethyl adjacent to an activating group) is 1. The SMILES string of the molecule is Cc1cc2ccc1C(C)COC(=O)Nc1ccc(C3(C(=O)O)CC3)c(c1)CN(C)C(=O)C2Nc1ccc2c(N)ncc(F)c2c1. The Hall–Kier alpha value is -5.19. The molecule has 7 rings (SSSR count). The number of amides is 2. The normalized spacial score (nSPS) is 19.6. The van der Waals surface area contributed by atoms with Crippen LogP contribution in [0.5, 0.6) is 0 Å². The number of anilines is 3. The van der Waals surface area contributed by atoms with Crippen molar-refractivity contribution in [2.45, 2.75) is 50.6 Å². The summed E-state index contributed by atoms with van der Waals surface area (Å²) in [6.45, 7) is 4.09. The molecule has 0 spiro atoms. The predicted molar refractivity (Wildman–Crippen MR) is 169 cm³/mol. The number of pyridine rings is 1. The van der Waals surface area contributed by atoms with Gasteiger partial charge in [0, 0.05) is 41.7 Å². The number of rotatable bonds is 4. The smallest absolute Gasteiger partial charge is 0.411 e. The molecular weight excluding hydrogens is 577 g/mol. The fourth-order valence-electron chi connectivity index (χ4n) is 6.20. The van der Waals surface area contributed by atoms with Gasteiger partial charge in [-0.1, -0.05) is 31.2 Å². The van der Waals surface area contributed by atoms with Crippen molar-refractivity contribution in [1.82, 2.24) is 9.88 Å². The Morgan fingerprint density at radius 2 is 1.91 bits per heavy atom. The summed E-state index contributed by atoms with van der Waals surface area (Å²) in [4.78, 5) is 44.7. The maximum Gasteiger partial charge on any atom is 0.411 e. The van der Waals surface area contributed by atoms with Crippen molar-refractivity contribution in [3.8, 4) is 0 Å². The van der Waals surface area contributed by atoms with Crippen LogP contribution in [-0.4, -0.2) is 46.6 Å². The zero-order valence-corrected chi connectivity index (χ0v) is 25.2. The van der Waals surface area contributed by atoms with Crippen LogP contribution in [0, 0.1) is 12.7 Å². The van der Waals surface area contributed by atoms with Crippen LogP contribution < -0.4 is 16.4 Å². The van der Waals surface area contributed by atoms with Gasteiger partial charge in [-0.3, -0.25) is 14.9 Å². The third-order valence-electron chi connectivity index (χ3n) is 8.86. The number of aryl methyl sites for hydroxylation is 1. The maximum atomic E-state index is 14.7. The van der Waals surface area contributed by atoms with E-state index in [4.69, 9.17) is 10.5 Å². The Morgan fingerprint density at radius 3 is 2.62 bits per heavy atom. The fraction of sp³-hybridized carbons (Fsp3) is 0.294. The average Bonchev–Trinajstić information content (AvgIpc) is 3.82. The molecule has 0 saturated heterocycles. The van der Waals surface area contributed by atoms with Crippen LogP contribution in [-0.2, 0) is 26.3 Å². The predicted octanol–water partition coefficient (Wildman–Crippen LogP) is 5.86. The van der Waals surface area contributed by atoms with Crippen LogP contribution in [0.4, 0.5) is 26.4 Å². The van der Waals surface area contributed by atoms with Gasteiger partial charge in [-0.2, -0.15) is 0 Å². The number of fused-ring (bicyclic) bond motifs is 10. The second-order valence-electron chi connectivity index (χ2n) is 12.0. The van der Waals surface area contributed by atoms with Gasteiger partial charge < -0.3 is 25.8 Å². The molecule has 5 N–H and O–H groups in total. The molecule has 1 aliphatic carbocycles. The van der Waals surface area contributed by atoms with E-state index in [1.807, 2.05) is 32.0 Å². The highest BCUT2D eigenvalue weighted by Gasteiger charge is 2.52. The standard InChI is InChI=1S/C34H34FN5O5/c1-18-12-20-4-7-24(18)19(2)17-45-33(44)39-22-6-9-27(34(10-11-34)32(42)43)21(13-22)16-40(3)31(41)29(20)38-23-5-8-25-26(14-23)28(35)15-37-30(25)36/h4-9,12-15,19,29,38H,10-11,16-17H2,1-3H3,(H2,36,37)(H,39,44)(H,42,43). The lowest BCUT2D eigenvalue weighted by molar-refractivity contribution is -0.140. The number of hydrogen-bond acceptors (Lipinski definition) is 7. The summed E-state index contributed by atoms with van der Waals surface area (Å²) in [5, 5.41) is 16.8. The van der Waals surface area contributed by atoms with E-state index in [9.17, 15) is 23.9 Å². The number of benzene rings is 3. The van der Waals surface area contributed by atoms with E-state index in [0.29, 0.717) is 46.3 Å². The highest BCUT2D eigenvalue weighted by molar-refractivity contribution is 5.94. The fourth-order valence-corrected chi connectivity index (χ4v) is 6.20. The van der Waals surface area contributed by atoms with Gasteiger partial charge >= 0.3 is 12.1 Å². The number of hydrogen-bond donors (Lipinski definition) is 4. The number of aliphatic carboxylic acids is 1. The lowest BCUT2D eigenvalue weighted by Gasteiger charge is -2.28. The van der Waals surface area contributed by atoms with E-state index in [-0.39, 0.29) is 36.2 Å². The van der Waals surface area contributed by atoms with Gasteiger partial charge in [0.2, 0.25) is 5.91 Å². The van der Waals surface area contributed by atoms with Gasteiger partial charge in [-0.15, -0.1) is 0 Å². The van der Waals surface area contributed by atoms with Gasteiger partial charge in [0.05, 0.1) is 18.2 Å². The highest BCUT2D eigenvalue weighted by atomic mass is 19.1. The Kier molecular flexibility index (Phi) is 7.56. The van der Waals surface area contributed by atoms with Crippen LogP contribution in [0.25, 0.3) is 10.8 Å². The molecule has 4 bridgehead atoms. The molecule has 0 radical (unpaired) electrons. The highest BCUT2D eigenvalue weighted by Crippen LogP contribution is 2.50. The van der Waals surface area contributed by atoms with Gasteiger partial charge in [0.25, 0.3) is 0 Å². The number of carboxylic acid groups (broad SMARTS) is 1. The van der Waals surface area contributed by atoms with Gasteiger partial charge in [-0.25, -0.2) is 14.2 Å². The number of carboxylic acids is 1. The largest absolute Gasteiger partial charge is 0.481 e. The van der Waals surface area contributed by atoms with Crippen LogP contribution >= 0.6 is 0 Å². The molecule has 2 atom stereocenters. The Balaban J connectivity index is 1.43. The summed E-state index contributed by atoms with van der Waals surface area (Å²) in [6, 6.07) is 14.9. The monoisotopic (exact) mass is 611 g/mol. The van der Waals surface area contributed by atoms with Crippen LogP contribution in [0.15, 0.2) is 60.8 Å². The zero-order chi connectivity index (χ0) is 32.0. The van der Waals surface area contributed by atoms with Crippen molar-refractivity contribution in [1.29, 1.82) is 0 Å². The number of carbonyl (C=O) groups is 3. The van der Waals surface area contributed by atoms with E-state index in [2.05, 4.69) is 15.6 Å². The van der Waals surface area contributed by atoms with Crippen molar-refractivity contribution in [3.05, 3.63) is 94.4 Å².